The van der Waals surface area contributed by atoms with Crippen LogP contribution in [0.25, 0.3) is 0 Å². The fraction of sp³-hybridized carbons (Fsp3) is 1.00. The van der Waals surface area contributed by atoms with Crippen molar-refractivity contribution in [2.24, 2.45) is 0 Å². The second-order valence-electron chi connectivity index (χ2n) is 4.93. The van der Waals surface area contributed by atoms with Gasteiger partial charge in [-0.1, -0.05) is 19.8 Å². The summed E-state index contributed by atoms with van der Waals surface area (Å²) in [6.07, 6.45) is 7.58. The molecule has 0 bridgehead atoms. The molecule has 2 atom stereocenters. The lowest BCUT2D eigenvalue weighted by atomic mass is 9.97. The lowest BCUT2D eigenvalue weighted by molar-refractivity contribution is 0.119. The Balaban J connectivity index is 2.40. The predicted molar refractivity (Wildman–Crippen MR) is 68.7 cm³/mol. The van der Waals surface area contributed by atoms with E-state index in [2.05, 4.69) is 17.1 Å². The Morgan fingerprint density at radius 3 is 2.88 bits per heavy atom. The highest BCUT2D eigenvalue weighted by molar-refractivity contribution is 4.80. The van der Waals surface area contributed by atoms with E-state index in [4.69, 9.17) is 5.11 Å². The Hall–Kier alpha value is -0.120. The van der Waals surface area contributed by atoms with E-state index in [0.29, 0.717) is 6.04 Å². The number of aliphatic hydroxyl groups excluding tert-OH is 1. The Kier molecular flexibility index (Phi) is 7.01. The van der Waals surface area contributed by atoms with Gasteiger partial charge in [-0.25, -0.2) is 0 Å². The molecule has 0 aromatic rings. The van der Waals surface area contributed by atoms with Crippen LogP contribution in [0.2, 0.25) is 0 Å². The van der Waals surface area contributed by atoms with Crippen LogP contribution in [0, 0.1) is 0 Å². The van der Waals surface area contributed by atoms with Gasteiger partial charge in [0.25, 0.3) is 0 Å². The first-order valence-electron chi connectivity index (χ1n) is 6.84. The molecule has 2 unspecified atom stereocenters. The van der Waals surface area contributed by atoms with Crippen molar-refractivity contribution in [2.45, 2.75) is 57.5 Å². The van der Waals surface area contributed by atoms with E-state index >= 15 is 0 Å². The average molecular weight is 228 g/mol. The number of nitrogens with one attached hydrogen (secondary N) is 1. The molecule has 1 heterocycles. The molecule has 0 spiro atoms. The van der Waals surface area contributed by atoms with Crippen molar-refractivity contribution >= 4 is 0 Å². The van der Waals surface area contributed by atoms with Crippen LogP contribution in [0.15, 0.2) is 0 Å². The van der Waals surface area contributed by atoms with Crippen molar-refractivity contribution in [1.29, 1.82) is 0 Å². The standard InChI is InChI=1S/C13H28N2O/c1-3-6-13-7-4-5-9-15(13)11-12(14-2)8-10-16/h12-14,16H,3-11H2,1-2H3. The smallest absolute Gasteiger partial charge is 0.0446 e. The molecule has 1 aliphatic heterocycles. The maximum Gasteiger partial charge on any atom is 0.0446 e. The summed E-state index contributed by atoms with van der Waals surface area (Å²) in [6.45, 7) is 4.91. The molecule has 1 aliphatic rings. The molecule has 0 amide bonds. The average Bonchev–Trinajstić information content (AvgIpc) is 2.31. The SMILES string of the molecule is CCCC1CCCCN1CC(CCO)NC. The van der Waals surface area contributed by atoms with Gasteiger partial charge in [-0.05, 0) is 39.3 Å². The minimum atomic E-state index is 0.289. The van der Waals surface area contributed by atoms with Crippen LogP contribution >= 0.6 is 0 Å². The molecule has 16 heavy (non-hydrogen) atoms. The van der Waals surface area contributed by atoms with E-state index < -0.39 is 0 Å². The molecule has 0 saturated carbocycles. The molecule has 0 aliphatic carbocycles. The molecule has 0 aromatic carbocycles. The number of hydrogen-bond acceptors (Lipinski definition) is 3. The van der Waals surface area contributed by atoms with Crippen molar-refractivity contribution < 1.29 is 5.11 Å². The lowest BCUT2D eigenvalue weighted by Gasteiger charge is -2.37. The Morgan fingerprint density at radius 2 is 2.25 bits per heavy atom. The van der Waals surface area contributed by atoms with E-state index in [1.54, 1.807) is 0 Å². The van der Waals surface area contributed by atoms with Crippen LogP contribution in [0.3, 0.4) is 0 Å². The third kappa shape index (κ3) is 4.40. The number of piperidine rings is 1. The molecule has 96 valence electrons. The summed E-state index contributed by atoms with van der Waals surface area (Å²) < 4.78 is 0. The highest BCUT2D eigenvalue weighted by Crippen LogP contribution is 2.21. The normalized spacial score (nSPS) is 24.6. The maximum atomic E-state index is 9.01. The van der Waals surface area contributed by atoms with Gasteiger partial charge in [0.15, 0.2) is 0 Å². The summed E-state index contributed by atoms with van der Waals surface area (Å²) in [7, 11) is 2.00. The molecule has 3 nitrogen and oxygen atoms in total. The highest BCUT2D eigenvalue weighted by Gasteiger charge is 2.23. The quantitative estimate of drug-likeness (QED) is 0.695. The first-order valence-corrected chi connectivity index (χ1v) is 6.84. The van der Waals surface area contributed by atoms with E-state index in [0.717, 1.165) is 19.0 Å². The summed E-state index contributed by atoms with van der Waals surface area (Å²) in [6, 6.07) is 1.23. The summed E-state index contributed by atoms with van der Waals surface area (Å²) >= 11 is 0. The number of rotatable bonds is 7. The van der Waals surface area contributed by atoms with Gasteiger partial charge in [-0.3, -0.25) is 4.90 Å². The van der Waals surface area contributed by atoms with Crippen molar-refractivity contribution in [2.75, 3.05) is 26.7 Å². The van der Waals surface area contributed by atoms with Gasteiger partial charge >= 0.3 is 0 Å². The summed E-state index contributed by atoms with van der Waals surface area (Å²) in [5.41, 5.74) is 0. The Morgan fingerprint density at radius 1 is 1.44 bits per heavy atom. The van der Waals surface area contributed by atoms with Crippen LogP contribution in [0.1, 0.15) is 45.4 Å². The zero-order valence-corrected chi connectivity index (χ0v) is 10.9. The van der Waals surface area contributed by atoms with Crippen LogP contribution in [0.5, 0.6) is 0 Å². The first-order chi connectivity index (χ1) is 7.81. The third-order valence-corrected chi connectivity index (χ3v) is 3.71. The molecular weight excluding hydrogens is 200 g/mol. The van der Waals surface area contributed by atoms with Gasteiger partial charge < -0.3 is 10.4 Å². The molecule has 0 radical (unpaired) electrons. The molecule has 2 N–H and O–H groups in total. The minimum Gasteiger partial charge on any atom is -0.396 e. The Bertz CT molecular complexity index is 173. The summed E-state index contributed by atoms with van der Waals surface area (Å²) in [5.74, 6) is 0. The van der Waals surface area contributed by atoms with E-state index in [9.17, 15) is 0 Å². The van der Waals surface area contributed by atoms with Crippen LogP contribution in [-0.2, 0) is 0 Å². The maximum absolute atomic E-state index is 9.01. The van der Waals surface area contributed by atoms with E-state index in [-0.39, 0.29) is 6.61 Å². The largest absolute Gasteiger partial charge is 0.396 e. The fourth-order valence-corrected chi connectivity index (χ4v) is 2.73. The number of likely N-dealkylation sites (tertiary alicyclic amines) is 1. The zero-order chi connectivity index (χ0) is 11.8. The van der Waals surface area contributed by atoms with Gasteiger partial charge in [0.2, 0.25) is 0 Å². The van der Waals surface area contributed by atoms with Gasteiger partial charge in [0, 0.05) is 25.2 Å². The van der Waals surface area contributed by atoms with Gasteiger partial charge in [-0.2, -0.15) is 0 Å². The summed E-state index contributed by atoms with van der Waals surface area (Å²) in [4.78, 5) is 2.63. The zero-order valence-electron chi connectivity index (χ0n) is 10.9. The van der Waals surface area contributed by atoms with E-state index in [1.165, 1.54) is 38.6 Å². The van der Waals surface area contributed by atoms with Crippen molar-refractivity contribution in [3.8, 4) is 0 Å². The van der Waals surface area contributed by atoms with Gasteiger partial charge in [-0.15, -0.1) is 0 Å². The first kappa shape index (κ1) is 13.9. The molecule has 1 fully saturated rings. The lowest BCUT2D eigenvalue weighted by Crippen LogP contribution is -2.47. The number of aliphatic hydroxyl groups is 1. The number of likely N-dealkylation sites (N-methyl/N-ethyl adjacent to an activating group) is 1. The molecule has 0 aromatic heterocycles. The third-order valence-electron chi connectivity index (χ3n) is 3.71. The number of hydrogen-bond donors (Lipinski definition) is 2. The van der Waals surface area contributed by atoms with Crippen molar-refractivity contribution in [1.82, 2.24) is 10.2 Å². The molecule has 3 heteroatoms. The van der Waals surface area contributed by atoms with Crippen molar-refractivity contribution in [3.05, 3.63) is 0 Å². The second-order valence-corrected chi connectivity index (χ2v) is 4.93. The minimum absolute atomic E-state index is 0.289. The molecule has 1 saturated heterocycles. The van der Waals surface area contributed by atoms with E-state index in [1.807, 2.05) is 7.05 Å². The topological polar surface area (TPSA) is 35.5 Å². The monoisotopic (exact) mass is 228 g/mol. The fourth-order valence-electron chi connectivity index (χ4n) is 2.73. The second kappa shape index (κ2) is 8.04. The van der Waals surface area contributed by atoms with Gasteiger partial charge in [0.05, 0.1) is 0 Å². The van der Waals surface area contributed by atoms with Crippen molar-refractivity contribution in [3.63, 3.8) is 0 Å². The van der Waals surface area contributed by atoms with Crippen LogP contribution in [-0.4, -0.2) is 48.8 Å². The Labute approximate surface area is 100 Å². The molecule has 1 rings (SSSR count). The van der Waals surface area contributed by atoms with Crippen LogP contribution < -0.4 is 5.32 Å². The highest BCUT2D eigenvalue weighted by atomic mass is 16.3. The molecular formula is C13H28N2O. The number of nitrogens with zero attached hydrogens (tertiary/aromatic N) is 1. The predicted octanol–water partition coefficient (Wildman–Crippen LogP) is 1.61. The van der Waals surface area contributed by atoms with Crippen LogP contribution in [0.4, 0.5) is 0 Å². The summed E-state index contributed by atoms with van der Waals surface area (Å²) in [5, 5.41) is 12.3. The van der Waals surface area contributed by atoms with Gasteiger partial charge in [0.1, 0.15) is 0 Å².